The molecule has 1 aliphatic heterocycles. The summed E-state index contributed by atoms with van der Waals surface area (Å²) in [6.45, 7) is 4.91. The van der Waals surface area contributed by atoms with Gasteiger partial charge in [0, 0.05) is 70.1 Å². The van der Waals surface area contributed by atoms with Crippen LogP contribution in [-0.4, -0.2) is 95.4 Å². The Hall–Kier alpha value is -6.26. The number of rotatable bonds is 9. The Morgan fingerprint density at radius 1 is 0.833 bits per heavy atom. The summed E-state index contributed by atoms with van der Waals surface area (Å²) in [6.07, 6.45) is 10.3. The molecule has 1 amide bonds. The van der Waals surface area contributed by atoms with Gasteiger partial charge in [-0.15, -0.1) is 20.4 Å². The zero-order valence-electron chi connectivity index (χ0n) is 34.2. The maximum absolute atomic E-state index is 13.5. The first-order chi connectivity index (χ1) is 29.0. The number of anilines is 2. The Bertz CT molecular complexity index is 3020. The van der Waals surface area contributed by atoms with Crippen molar-refractivity contribution in [3.05, 3.63) is 133 Å². The smallest absolute Gasteiger partial charge is 0.263 e. The fourth-order valence-corrected chi connectivity index (χ4v) is 8.13. The third kappa shape index (κ3) is 8.04. The van der Waals surface area contributed by atoms with Crippen LogP contribution in [0.15, 0.2) is 101 Å². The number of hydrogen-bond donors (Lipinski definition) is 0. The van der Waals surface area contributed by atoms with Gasteiger partial charge in [0.05, 0.1) is 29.4 Å². The van der Waals surface area contributed by atoms with Crippen molar-refractivity contribution in [2.24, 2.45) is 0 Å². The van der Waals surface area contributed by atoms with E-state index in [0.717, 1.165) is 85.8 Å². The van der Waals surface area contributed by atoms with Crippen LogP contribution in [0.4, 0.5) is 11.9 Å². The van der Waals surface area contributed by atoms with Crippen molar-refractivity contribution in [1.29, 1.82) is 0 Å². The summed E-state index contributed by atoms with van der Waals surface area (Å²) in [5, 5.41) is 19.4. The molecule has 1 saturated heterocycles. The summed E-state index contributed by atoms with van der Waals surface area (Å²) < 4.78 is 9.37. The van der Waals surface area contributed by atoms with Crippen molar-refractivity contribution in [3.8, 4) is 0 Å². The SMILES string of the molecule is CN(C)C(=O)Cc1ccc(Cn2c(=O)c3cc(Br)ccc3n3c(N4CCCC4)nnc23)cc1.Cc1ccc2c(c1)c(=S)n(CC=Cc1cccnc1)c1nnc(N(C)C)n21. The van der Waals surface area contributed by atoms with Crippen LogP contribution in [-0.2, 0) is 24.3 Å². The highest BCUT2D eigenvalue weighted by atomic mass is 79.9. The van der Waals surface area contributed by atoms with Gasteiger partial charge in [0.25, 0.3) is 5.56 Å². The summed E-state index contributed by atoms with van der Waals surface area (Å²) in [7, 11) is 7.43. The van der Waals surface area contributed by atoms with Gasteiger partial charge < -0.3 is 14.7 Å². The predicted octanol–water partition coefficient (Wildman–Crippen LogP) is 6.98. The van der Waals surface area contributed by atoms with Gasteiger partial charge in [-0.25, -0.2) is 8.80 Å². The van der Waals surface area contributed by atoms with Crippen molar-refractivity contribution in [2.45, 2.75) is 39.3 Å². The Labute approximate surface area is 360 Å². The van der Waals surface area contributed by atoms with Gasteiger partial charge in [0.15, 0.2) is 0 Å². The topological polar surface area (TPSA) is 127 Å². The van der Waals surface area contributed by atoms with Crippen LogP contribution in [0.1, 0.15) is 35.1 Å². The molecule has 306 valence electrons. The number of amides is 1. The molecule has 0 spiro atoms. The van der Waals surface area contributed by atoms with E-state index in [4.69, 9.17) is 12.2 Å². The Morgan fingerprint density at radius 2 is 1.53 bits per heavy atom. The molecule has 0 radical (unpaired) electrons. The molecule has 14 nitrogen and oxygen atoms in total. The molecule has 0 saturated carbocycles. The molecule has 60 heavy (non-hydrogen) atoms. The second-order valence-corrected chi connectivity index (χ2v) is 16.6. The first-order valence-electron chi connectivity index (χ1n) is 19.7. The van der Waals surface area contributed by atoms with E-state index in [1.165, 1.54) is 5.56 Å². The minimum atomic E-state index is -0.106. The second-order valence-electron chi connectivity index (χ2n) is 15.3. The quantitative estimate of drug-likeness (QED) is 0.140. The number of nitrogens with zero attached hydrogens (tertiary/aromatic N) is 12. The number of likely N-dealkylation sites (N-methyl/N-ethyl adjacent to an activating group) is 1. The molecular formula is C44H45BrN12O2S. The van der Waals surface area contributed by atoms with Gasteiger partial charge in [0.1, 0.15) is 4.64 Å². The number of fused-ring (bicyclic) bond motifs is 6. The minimum absolute atomic E-state index is 0.0543. The molecule has 9 rings (SSSR count). The lowest BCUT2D eigenvalue weighted by molar-refractivity contribution is -0.127. The molecule has 5 aromatic heterocycles. The number of pyridine rings is 1. The molecule has 6 heterocycles. The Kier molecular flexibility index (Phi) is 11.6. The lowest BCUT2D eigenvalue weighted by Gasteiger charge is -2.17. The second kappa shape index (κ2) is 17.1. The lowest BCUT2D eigenvalue weighted by Crippen LogP contribution is -2.26. The molecule has 3 aromatic carbocycles. The summed E-state index contributed by atoms with van der Waals surface area (Å²) >= 11 is 9.31. The van der Waals surface area contributed by atoms with E-state index >= 15 is 0 Å². The molecule has 0 unspecified atom stereocenters. The van der Waals surface area contributed by atoms with Gasteiger partial charge in [-0.3, -0.25) is 23.7 Å². The molecule has 0 N–H and O–H groups in total. The molecule has 1 fully saturated rings. The van der Waals surface area contributed by atoms with Crippen LogP contribution >= 0.6 is 28.1 Å². The molecular weight excluding hydrogens is 841 g/mol. The van der Waals surface area contributed by atoms with Crippen LogP contribution in [0.25, 0.3) is 39.4 Å². The maximum atomic E-state index is 13.5. The van der Waals surface area contributed by atoms with E-state index in [1.807, 2.05) is 94.8 Å². The highest BCUT2D eigenvalue weighted by Crippen LogP contribution is 2.26. The first-order valence-corrected chi connectivity index (χ1v) is 20.9. The number of hydrogen-bond acceptors (Lipinski definition) is 10. The number of carbonyl (C=O) groups is 1. The number of allylic oxidation sites excluding steroid dienone is 1. The maximum Gasteiger partial charge on any atom is 0.263 e. The molecule has 8 aromatic rings. The predicted molar refractivity (Wildman–Crippen MR) is 243 cm³/mol. The highest BCUT2D eigenvalue weighted by Gasteiger charge is 2.23. The summed E-state index contributed by atoms with van der Waals surface area (Å²) in [6, 6.07) is 23.8. The average Bonchev–Trinajstić information content (AvgIpc) is 4.03. The van der Waals surface area contributed by atoms with Crippen LogP contribution in [0.2, 0.25) is 0 Å². The van der Waals surface area contributed by atoms with E-state index < -0.39 is 0 Å². The van der Waals surface area contributed by atoms with Gasteiger partial charge >= 0.3 is 0 Å². The summed E-state index contributed by atoms with van der Waals surface area (Å²) in [5.74, 6) is 2.87. The third-order valence-corrected chi connectivity index (χ3v) is 11.5. The Morgan fingerprint density at radius 3 is 2.25 bits per heavy atom. The molecule has 0 atom stereocenters. The normalized spacial score (nSPS) is 12.9. The number of aryl methyl sites for hydroxylation is 1. The van der Waals surface area contributed by atoms with Gasteiger partial charge in [-0.1, -0.05) is 82.3 Å². The van der Waals surface area contributed by atoms with Gasteiger partial charge in [-0.05, 0) is 72.9 Å². The van der Waals surface area contributed by atoms with Crippen molar-refractivity contribution in [1.82, 2.24) is 48.2 Å². The monoisotopic (exact) mass is 884 g/mol. The molecule has 0 bridgehead atoms. The van der Waals surface area contributed by atoms with Gasteiger partial charge in [0.2, 0.25) is 29.4 Å². The van der Waals surface area contributed by atoms with Crippen molar-refractivity contribution in [2.75, 3.05) is 51.1 Å². The average molecular weight is 886 g/mol. The van der Waals surface area contributed by atoms with E-state index in [1.54, 1.807) is 29.8 Å². The van der Waals surface area contributed by atoms with E-state index in [9.17, 15) is 9.59 Å². The zero-order chi connectivity index (χ0) is 42.1. The van der Waals surface area contributed by atoms with Crippen LogP contribution in [0.5, 0.6) is 0 Å². The van der Waals surface area contributed by atoms with Crippen LogP contribution in [0.3, 0.4) is 0 Å². The zero-order valence-corrected chi connectivity index (χ0v) is 36.6. The fraction of sp³-hybridized carbons (Fsp3) is 0.273. The standard InChI is InChI=1S/C24H25BrN6O2.C20H20N6S/c1-28(2)21(32)13-16-5-7-17(8-6-16)15-30-22(33)19-14-18(25)9-10-20(19)31-23(26-27-24(30)31)29-11-3-4-12-29;1-14-8-9-17-16(12-14)18(27)25(11-5-7-15-6-4-10-21-13-15)20-23-22-19(24(2)3)26(17)20/h5-10,14H,3-4,11-13,15H2,1-2H3;4-10,12-13H,11H2,1-3H3. The number of halogens is 1. The van der Waals surface area contributed by atoms with E-state index in [-0.39, 0.29) is 11.5 Å². The van der Waals surface area contributed by atoms with Crippen molar-refractivity contribution in [3.63, 3.8) is 0 Å². The van der Waals surface area contributed by atoms with Crippen LogP contribution in [0, 0.1) is 11.6 Å². The highest BCUT2D eigenvalue weighted by molar-refractivity contribution is 9.10. The van der Waals surface area contributed by atoms with Crippen molar-refractivity contribution < 1.29 is 4.79 Å². The molecule has 0 aliphatic carbocycles. The number of benzene rings is 3. The van der Waals surface area contributed by atoms with Crippen molar-refractivity contribution >= 4 is 85.4 Å². The Balaban J connectivity index is 0.000000170. The fourth-order valence-electron chi connectivity index (χ4n) is 7.45. The van der Waals surface area contributed by atoms with Gasteiger partial charge in [-0.2, -0.15) is 0 Å². The molecule has 16 heteroatoms. The third-order valence-electron chi connectivity index (χ3n) is 10.6. The summed E-state index contributed by atoms with van der Waals surface area (Å²) in [4.78, 5) is 35.4. The first kappa shape index (κ1) is 40.5. The lowest BCUT2D eigenvalue weighted by atomic mass is 10.1. The van der Waals surface area contributed by atoms with E-state index in [2.05, 4.69) is 81.8 Å². The van der Waals surface area contributed by atoms with Crippen LogP contribution < -0.4 is 15.4 Å². The largest absolute Gasteiger partial charge is 0.349 e. The number of carbonyl (C=O) groups excluding carboxylic acids is 1. The van der Waals surface area contributed by atoms with E-state index in [0.29, 0.717) is 30.7 Å². The number of aromatic nitrogens is 9. The minimum Gasteiger partial charge on any atom is -0.349 e. The molecule has 1 aliphatic rings. The summed E-state index contributed by atoms with van der Waals surface area (Å²) in [5.41, 5.74) is 5.83.